The van der Waals surface area contributed by atoms with Crippen molar-refractivity contribution in [1.82, 2.24) is 9.38 Å². The predicted molar refractivity (Wildman–Crippen MR) is 104 cm³/mol. The average Bonchev–Trinajstić information content (AvgIpc) is 2.71. The quantitative estimate of drug-likeness (QED) is 0.343. The first-order chi connectivity index (χ1) is 14.3. The van der Waals surface area contributed by atoms with E-state index in [0.717, 1.165) is 23.8 Å². The number of nitrogens with zero attached hydrogens (tertiary/aromatic N) is 3. The minimum absolute atomic E-state index is 0.0734. The molecule has 0 fully saturated rings. The van der Waals surface area contributed by atoms with E-state index in [9.17, 15) is 24.5 Å². The molecule has 0 atom stereocenters. The lowest BCUT2D eigenvalue weighted by Gasteiger charge is -2.08. The van der Waals surface area contributed by atoms with E-state index in [1.807, 2.05) is 6.92 Å². The molecule has 10 nitrogen and oxygen atoms in total. The molecule has 0 saturated heterocycles. The number of hydrogen-bond donors (Lipinski definition) is 0. The topological polar surface area (TPSA) is 130 Å². The number of fused-ring (bicyclic) bond motifs is 1. The molecule has 0 unspecified atom stereocenters. The molecule has 0 N–H and O–H groups in total. The second-order valence-corrected chi connectivity index (χ2v) is 6.34. The van der Waals surface area contributed by atoms with E-state index >= 15 is 0 Å². The summed E-state index contributed by atoms with van der Waals surface area (Å²) in [7, 11) is 0. The Bertz CT molecular complexity index is 1220. The number of aromatic nitrogens is 2. The van der Waals surface area contributed by atoms with Crippen LogP contribution in [0, 0.1) is 17.0 Å². The molecule has 10 heteroatoms. The number of pyridine rings is 1. The van der Waals surface area contributed by atoms with E-state index in [-0.39, 0.29) is 35.6 Å². The molecule has 3 rings (SSSR count). The highest BCUT2D eigenvalue weighted by Gasteiger charge is 2.20. The zero-order chi connectivity index (χ0) is 21.8. The number of nitro benzene ring substituents is 1. The van der Waals surface area contributed by atoms with Gasteiger partial charge in [-0.25, -0.2) is 14.6 Å². The van der Waals surface area contributed by atoms with Crippen molar-refractivity contribution in [2.45, 2.75) is 20.5 Å². The Morgan fingerprint density at radius 3 is 2.40 bits per heavy atom. The van der Waals surface area contributed by atoms with Crippen LogP contribution in [0.5, 0.6) is 0 Å². The Hall–Kier alpha value is -4.08. The van der Waals surface area contributed by atoms with Crippen LogP contribution in [0.3, 0.4) is 0 Å². The molecule has 0 spiro atoms. The summed E-state index contributed by atoms with van der Waals surface area (Å²) in [5, 5.41) is 11.1. The van der Waals surface area contributed by atoms with Gasteiger partial charge in [0.1, 0.15) is 12.3 Å². The smallest absolute Gasteiger partial charge is 0.338 e. The second-order valence-electron chi connectivity index (χ2n) is 6.34. The molecule has 0 aliphatic rings. The number of carbonyl (C=O) groups excluding carboxylic acids is 2. The van der Waals surface area contributed by atoms with E-state index in [2.05, 4.69) is 4.98 Å². The Morgan fingerprint density at radius 1 is 1.10 bits per heavy atom. The highest BCUT2D eigenvalue weighted by Crippen LogP contribution is 2.19. The number of rotatable bonds is 6. The lowest BCUT2D eigenvalue weighted by Crippen LogP contribution is -2.17. The van der Waals surface area contributed by atoms with E-state index in [1.165, 1.54) is 10.5 Å². The van der Waals surface area contributed by atoms with E-state index in [4.69, 9.17) is 9.47 Å². The number of non-ortho nitro benzene ring substituents is 1. The van der Waals surface area contributed by atoms with E-state index in [1.54, 1.807) is 25.3 Å². The molecule has 2 aromatic heterocycles. The van der Waals surface area contributed by atoms with Crippen LogP contribution in [0.25, 0.3) is 5.65 Å². The van der Waals surface area contributed by atoms with Gasteiger partial charge in [-0.05, 0) is 37.6 Å². The summed E-state index contributed by atoms with van der Waals surface area (Å²) in [5.74, 6) is -1.70. The summed E-state index contributed by atoms with van der Waals surface area (Å²) in [6.45, 7) is 3.19. The van der Waals surface area contributed by atoms with Crippen LogP contribution in [0.2, 0.25) is 0 Å². The fourth-order valence-corrected chi connectivity index (χ4v) is 2.72. The predicted octanol–water partition coefficient (Wildman–Crippen LogP) is 2.44. The summed E-state index contributed by atoms with van der Waals surface area (Å²) in [6.07, 6.45) is 1.59. The first-order valence-corrected chi connectivity index (χ1v) is 8.91. The minimum Gasteiger partial charge on any atom is -0.462 e. The van der Waals surface area contributed by atoms with Crippen molar-refractivity contribution in [3.63, 3.8) is 0 Å². The number of benzene rings is 1. The van der Waals surface area contributed by atoms with Gasteiger partial charge < -0.3 is 9.47 Å². The van der Waals surface area contributed by atoms with Crippen LogP contribution < -0.4 is 5.56 Å². The van der Waals surface area contributed by atoms with Crippen molar-refractivity contribution < 1.29 is 24.0 Å². The highest BCUT2D eigenvalue weighted by atomic mass is 16.6. The van der Waals surface area contributed by atoms with Crippen LogP contribution in [-0.4, -0.2) is 32.9 Å². The first-order valence-electron chi connectivity index (χ1n) is 8.91. The van der Waals surface area contributed by atoms with Crippen molar-refractivity contribution in [3.05, 3.63) is 85.4 Å². The van der Waals surface area contributed by atoms with Crippen LogP contribution >= 0.6 is 0 Å². The van der Waals surface area contributed by atoms with Crippen LogP contribution in [-0.2, 0) is 16.1 Å². The molecule has 0 saturated carbocycles. The number of carbonyl (C=O) groups is 2. The summed E-state index contributed by atoms with van der Waals surface area (Å²) in [5.41, 5.74) is 0.384. The first kappa shape index (κ1) is 20.6. The van der Waals surface area contributed by atoms with Crippen molar-refractivity contribution in [3.8, 4) is 0 Å². The van der Waals surface area contributed by atoms with Gasteiger partial charge >= 0.3 is 11.9 Å². The lowest BCUT2D eigenvalue weighted by atomic mass is 10.1. The van der Waals surface area contributed by atoms with E-state index < -0.39 is 22.5 Å². The monoisotopic (exact) mass is 411 g/mol. The molecule has 154 valence electrons. The zero-order valence-corrected chi connectivity index (χ0v) is 16.2. The second kappa shape index (κ2) is 8.52. The summed E-state index contributed by atoms with van der Waals surface area (Å²) >= 11 is 0. The fraction of sp³-hybridized carbons (Fsp3) is 0.200. The molecule has 0 aliphatic heterocycles. The van der Waals surface area contributed by atoms with Crippen LogP contribution in [0.1, 0.15) is 38.9 Å². The van der Waals surface area contributed by atoms with Crippen LogP contribution in [0.15, 0.2) is 47.4 Å². The Labute approximate surface area is 169 Å². The Morgan fingerprint density at radius 2 is 1.77 bits per heavy atom. The fourth-order valence-electron chi connectivity index (χ4n) is 2.72. The van der Waals surface area contributed by atoms with Crippen molar-refractivity contribution in [2.24, 2.45) is 0 Å². The third-order valence-electron chi connectivity index (χ3n) is 4.10. The summed E-state index contributed by atoms with van der Waals surface area (Å²) in [4.78, 5) is 51.2. The molecule has 0 aliphatic carbocycles. The number of esters is 2. The van der Waals surface area contributed by atoms with Gasteiger partial charge in [0.05, 0.1) is 28.4 Å². The molecule has 0 radical (unpaired) electrons. The Balaban J connectivity index is 1.85. The molecular formula is C20H17N3O7. The normalized spacial score (nSPS) is 10.6. The van der Waals surface area contributed by atoms with Crippen molar-refractivity contribution >= 4 is 23.3 Å². The third kappa shape index (κ3) is 4.49. The van der Waals surface area contributed by atoms with Gasteiger partial charge in [-0.3, -0.25) is 19.3 Å². The SMILES string of the molecule is CCOC(=O)c1cc(C(=O)OCc2cc(=O)n3ccc(C)cc3n2)cc([N+](=O)[O-])c1. The third-order valence-corrected chi connectivity index (χ3v) is 4.10. The van der Waals surface area contributed by atoms with Gasteiger partial charge in [-0.15, -0.1) is 0 Å². The zero-order valence-electron chi connectivity index (χ0n) is 16.2. The molecule has 2 heterocycles. The number of ether oxygens (including phenoxy) is 2. The van der Waals surface area contributed by atoms with Crippen LogP contribution in [0.4, 0.5) is 5.69 Å². The summed E-state index contributed by atoms with van der Waals surface area (Å²) in [6, 6.07) is 7.87. The maximum atomic E-state index is 12.4. The maximum Gasteiger partial charge on any atom is 0.338 e. The molecular weight excluding hydrogens is 394 g/mol. The Kier molecular flexibility index (Phi) is 5.86. The average molecular weight is 411 g/mol. The van der Waals surface area contributed by atoms with Crippen molar-refractivity contribution in [2.75, 3.05) is 6.61 Å². The van der Waals surface area contributed by atoms with Gasteiger partial charge in [-0.2, -0.15) is 0 Å². The van der Waals surface area contributed by atoms with Gasteiger partial charge in [0.25, 0.3) is 11.2 Å². The van der Waals surface area contributed by atoms with Gasteiger partial charge in [0, 0.05) is 24.4 Å². The maximum absolute atomic E-state index is 12.4. The van der Waals surface area contributed by atoms with Gasteiger partial charge in [-0.1, -0.05) is 0 Å². The largest absolute Gasteiger partial charge is 0.462 e. The summed E-state index contributed by atoms with van der Waals surface area (Å²) < 4.78 is 11.3. The molecule has 3 aromatic rings. The van der Waals surface area contributed by atoms with Crippen molar-refractivity contribution in [1.29, 1.82) is 0 Å². The lowest BCUT2D eigenvalue weighted by molar-refractivity contribution is -0.384. The number of aryl methyl sites for hydroxylation is 1. The number of nitro groups is 1. The standard InChI is InChI=1S/C20H17N3O7/c1-3-29-19(25)13-7-14(9-16(8-13)23(27)28)20(26)30-11-15-10-18(24)22-5-4-12(2)6-17(22)21-15/h4-10H,3,11H2,1-2H3. The molecule has 0 bridgehead atoms. The molecule has 1 aromatic carbocycles. The van der Waals surface area contributed by atoms with Gasteiger partial charge in [0.2, 0.25) is 0 Å². The highest BCUT2D eigenvalue weighted by molar-refractivity contribution is 5.96. The molecule has 0 amide bonds. The minimum atomic E-state index is -0.907. The number of hydrogen-bond acceptors (Lipinski definition) is 8. The van der Waals surface area contributed by atoms with Gasteiger partial charge in [0.15, 0.2) is 0 Å². The van der Waals surface area contributed by atoms with E-state index in [0.29, 0.717) is 5.65 Å². The molecule has 30 heavy (non-hydrogen) atoms.